The summed E-state index contributed by atoms with van der Waals surface area (Å²) >= 11 is 0. The van der Waals surface area contributed by atoms with Crippen LogP contribution < -0.4 is 0 Å². The molecule has 1 heterocycles. The van der Waals surface area contributed by atoms with Gasteiger partial charge >= 0.3 is 0 Å². The molecular formula is C40H24N2. The highest BCUT2D eigenvalue weighted by atomic mass is 14.6. The molecule has 0 bridgehead atoms. The van der Waals surface area contributed by atoms with Crippen LogP contribution in [0.15, 0.2) is 146 Å². The van der Waals surface area contributed by atoms with Gasteiger partial charge in [-0.05, 0) is 95.2 Å². The molecule has 2 heteroatoms. The van der Waals surface area contributed by atoms with Gasteiger partial charge in [0.15, 0.2) is 0 Å². The lowest BCUT2D eigenvalue weighted by Gasteiger charge is -2.18. The van der Waals surface area contributed by atoms with Crippen LogP contribution in [0.25, 0.3) is 76.5 Å². The number of nitrogens with zero attached hydrogens (tertiary/aromatic N) is 2. The van der Waals surface area contributed by atoms with E-state index in [9.17, 15) is 5.26 Å². The summed E-state index contributed by atoms with van der Waals surface area (Å²) in [6.45, 7) is 0. The molecule has 0 N–H and O–H groups in total. The van der Waals surface area contributed by atoms with Crippen molar-refractivity contribution in [3.05, 3.63) is 151 Å². The molecule has 0 saturated carbocycles. The topological polar surface area (TPSA) is 36.7 Å². The zero-order valence-electron chi connectivity index (χ0n) is 22.8. The second-order valence-electron chi connectivity index (χ2n) is 10.7. The predicted octanol–water partition coefficient (Wildman–Crippen LogP) is 10.6. The minimum absolute atomic E-state index is 0.578. The van der Waals surface area contributed by atoms with E-state index in [1.807, 2.05) is 6.07 Å². The Morgan fingerprint density at radius 2 is 0.929 bits per heavy atom. The average molecular weight is 533 g/mol. The third-order valence-electron chi connectivity index (χ3n) is 8.35. The van der Waals surface area contributed by atoms with E-state index in [1.165, 1.54) is 54.6 Å². The standard InChI is InChI=1S/C40H24N2/c41-24-33-25-42-20-19-34(33)29-16-13-27-15-18-31(23-32(27)22-29)40-37-11-5-3-9-35(37)39(36-10-4-6-12-38(36)40)30-17-14-26-7-1-2-8-28(26)21-30/h1-23,25H. The fourth-order valence-electron chi connectivity index (χ4n) is 6.40. The molecule has 0 aliphatic carbocycles. The van der Waals surface area contributed by atoms with Gasteiger partial charge in [-0.2, -0.15) is 5.26 Å². The maximum Gasteiger partial charge on any atom is 0.101 e. The largest absolute Gasteiger partial charge is 0.263 e. The van der Waals surface area contributed by atoms with Gasteiger partial charge in [-0.1, -0.05) is 109 Å². The third kappa shape index (κ3) is 3.84. The Labute approximate surface area is 243 Å². The van der Waals surface area contributed by atoms with E-state index < -0.39 is 0 Å². The van der Waals surface area contributed by atoms with Crippen molar-refractivity contribution in [1.29, 1.82) is 5.26 Å². The Balaban J connectivity index is 1.39. The number of aromatic nitrogens is 1. The maximum absolute atomic E-state index is 9.65. The summed E-state index contributed by atoms with van der Waals surface area (Å²) in [4.78, 5) is 4.14. The molecule has 0 amide bonds. The lowest BCUT2D eigenvalue weighted by Crippen LogP contribution is -1.91. The molecule has 0 radical (unpaired) electrons. The SMILES string of the molecule is N#Cc1cnccc1-c1ccc2ccc(-c3c4ccccc4c(-c4ccc5ccccc5c4)c4ccccc34)cc2c1. The molecule has 0 spiro atoms. The van der Waals surface area contributed by atoms with Gasteiger partial charge in [-0.25, -0.2) is 0 Å². The summed E-state index contributed by atoms with van der Waals surface area (Å²) < 4.78 is 0. The number of rotatable bonds is 3. The average Bonchev–Trinajstić information content (AvgIpc) is 3.06. The van der Waals surface area contributed by atoms with Crippen LogP contribution in [-0.2, 0) is 0 Å². The summed E-state index contributed by atoms with van der Waals surface area (Å²) in [6.07, 6.45) is 3.37. The molecular weight excluding hydrogens is 508 g/mol. The number of benzene rings is 7. The monoisotopic (exact) mass is 532 g/mol. The van der Waals surface area contributed by atoms with Gasteiger partial charge in [-0.15, -0.1) is 0 Å². The zero-order valence-corrected chi connectivity index (χ0v) is 22.8. The maximum atomic E-state index is 9.65. The first kappa shape index (κ1) is 24.1. The third-order valence-corrected chi connectivity index (χ3v) is 8.35. The van der Waals surface area contributed by atoms with Crippen LogP contribution >= 0.6 is 0 Å². The Bertz CT molecular complexity index is 2320. The van der Waals surface area contributed by atoms with E-state index in [4.69, 9.17) is 0 Å². The van der Waals surface area contributed by atoms with Crippen LogP contribution in [0.5, 0.6) is 0 Å². The van der Waals surface area contributed by atoms with Gasteiger partial charge in [0.2, 0.25) is 0 Å². The molecule has 8 aromatic rings. The highest BCUT2D eigenvalue weighted by molar-refractivity contribution is 6.22. The molecule has 7 aromatic carbocycles. The van der Waals surface area contributed by atoms with Crippen molar-refractivity contribution < 1.29 is 0 Å². The van der Waals surface area contributed by atoms with E-state index in [1.54, 1.807) is 12.4 Å². The van der Waals surface area contributed by atoms with E-state index in [2.05, 4.69) is 138 Å². The normalized spacial score (nSPS) is 11.3. The summed E-state index contributed by atoms with van der Waals surface area (Å²) in [6, 6.07) is 50.2. The Morgan fingerprint density at radius 1 is 0.452 bits per heavy atom. The predicted molar refractivity (Wildman–Crippen MR) is 175 cm³/mol. The minimum atomic E-state index is 0.578. The lowest BCUT2D eigenvalue weighted by atomic mass is 9.85. The number of fused-ring (bicyclic) bond motifs is 4. The van der Waals surface area contributed by atoms with Crippen molar-refractivity contribution in [3.63, 3.8) is 0 Å². The van der Waals surface area contributed by atoms with Crippen molar-refractivity contribution >= 4 is 43.1 Å². The molecule has 42 heavy (non-hydrogen) atoms. The zero-order chi connectivity index (χ0) is 28.0. The molecule has 0 aliphatic rings. The van der Waals surface area contributed by atoms with Crippen LogP contribution in [-0.4, -0.2) is 4.98 Å². The Hall–Kier alpha value is -5.78. The molecule has 0 atom stereocenters. The van der Waals surface area contributed by atoms with Gasteiger partial charge in [0.1, 0.15) is 6.07 Å². The second kappa shape index (κ2) is 9.70. The first-order valence-electron chi connectivity index (χ1n) is 14.1. The Kier molecular flexibility index (Phi) is 5.55. The number of pyridine rings is 1. The van der Waals surface area contributed by atoms with Gasteiger partial charge in [0.25, 0.3) is 0 Å². The van der Waals surface area contributed by atoms with Gasteiger partial charge < -0.3 is 0 Å². The van der Waals surface area contributed by atoms with Crippen molar-refractivity contribution in [2.24, 2.45) is 0 Å². The van der Waals surface area contributed by atoms with Crippen LogP contribution in [0, 0.1) is 11.3 Å². The van der Waals surface area contributed by atoms with Crippen LogP contribution in [0.1, 0.15) is 5.56 Å². The summed E-state index contributed by atoms with van der Waals surface area (Å²) in [5, 5.41) is 19.4. The highest BCUT2D eigenvalue weighted by Gasteiger charge is 2.17. The van der Waals surface area contributed by atoms with E-state index in [0.29, 0.717) is 5.56 Å². The van der Waals surface area contributed by atoms with E-state index in [-0.39, 0.29) is 0 Å². The smallest absolute Gasteiger partial charge is 0.101 e. The Morgan fingerprint density at radius 3 is 1.52 bits per heavy atom. The van der Waals surface area contributed by atoms with Crippen LogP contribution in [0.4, 0.5) is 0 Å². The summed E-state index contributed by atoms with van der Waals surface area (Å²) in [5.74, 6) is 0. The number of nitriles is 1. The highest BCUT2D eigenvalue weighted by Crippen LogP contribution is 2.44. The number of hydrogen-bond donors (Lipinski definition) is 0. The van der Waals surface area contributed by atoms with Crippen molar-refractivity contribution in [1.82, 2.24) is 4.98 Å². The van der Waals surface area contributed by atoms with Gasteiger partial charge in [-0.3, -0.25) is 4.98 Å². The first-order valence-corrected chi connectivity index (χ1v) is 14.1. The van der Waals surface area contributed by atoms with Crippen molar-refractivity contribution in [2.75, 3.05) is 0 Å². The van der Waals surface area contributed by atoms with E-state index in [0.717, 1.165) is 21.9 Å². The summed E-state index contributed by atoms with van der Waals surface area (Å²) in [5.41, 5.74) is 7.39. The molecule has 0 unspecified atom stereocenters. The molecule has 194 valence electrons. The lowest BCUT2D eigenvalue weighted by molar-refractivity contribution is 1.30. The van der Waals surface area contributed by atoms with Crippen LogP contribution in [0.3, 0.4) is 0 Å². The van der Waals surface area contributed by atoms with Crippen LogP contribution in [0.2, 0.25) is 0 Å². The van der Waals surface area contributed by atoms with Crippen molar-refractivity contribution in [3.8, 4) is 39.4 Å². The molecule has 1 aromatic heterocycles. The van der Waals surface area contributed by atoms with E-state index >= 15 is 0 Å². The quantitative estimate of drug-likeness (QED) is 0.212. The number of hydrogen-bond acceptors (Lipinski definition) is 2. The van der Waals surface area contributed by atoms with Gasteiger partial charge in [0.05, 0.1) is 5.56 Å². The molecule has 0 saturated heterocycles. The van der Waals surface area contributed by atoms with Crippen molar-refractivity contribution in [2.45, 2.75) is 0 Å². The first-order chi connectivity index (χ1) is 20.8. The fourth-order valence-corrected chi connectivity index (χ4v) is 6.40. The second-order valence-corrected chi connectivity index (χ2v) is 10.7. The molecule has 0 aliphatic heterocycles. The fraction of sp³-hybridized carbons (Fsp3) is 0. The molecule has 2 nitrogen and oxygen atoms in total. The van der Waals surface area contributed by atoms with Gasteiger partial charge in [0, 0.05) is 18.0 Å². The summed E-state index contributed by atoms with van der Waals surface area (Å²) in [7, 11) is 0. The molecule has 0 fully saturated rings. The minimum Gasteiger partial charge on any atom is -0.263 e. The molecule has 8 rings (SSSR count).